The Kier molecular flexibility index (Phi) is 4.15. The molecule has 3 aromatic rings. The molecule has 0 aliphatic carbocycles. The smallest absolute Gasteiger partial charge is 0.161 e. The number of aromatic nitrogens is 2. The monoisotopic (exact) mass is 301 g/mol. The molecule has 0 bridgehead atoms. The van der Waals surface area contributed by atoms with Crippen molar-refractivity contribution in [3.05, 3.63) is 65.5 Å². The van der Waals surface area contributed by atoms with E-state index in [0.717, 1.165) is 23.9 Å². The van der Waals surface area contributed by atoms with Crippen LogP contribution in [0.2, 0.25) is 0 Å². The normalized spacial score (nSPS) is 11.2. The molecule has 1 aromatic heterocycles. The number of nitrogens with zero attached hydrogens (tertiary/aromatic N) is 2. The molecule has 5 heteroatoms. The first-order chi connectivity index (χ1) is 10.7. The van der Waals surface area contributed by atoms with Crippen molar-refractivity contribution in [3.63, 3.8) is 0 Å². The van der Waals surface area contributed by atoms with Crippen molar-refractivity contribution in [1.29, 1.82) is 0 Å². The standard InChI is InChI=1S/C17H17F2N3/c18-13-10-15-16(11-14(13)19)22(8-4-7-20)17(21-15)9-12-5-2-1-3-6-12/h1-3,5-6,10-11H,4,7-9,20H2. The first-order valence-electron chi connectivity index (χ1n) is 7.27. The summed E-state index contributed by atoms with van der Waals surface area (Å²) in [6.45, 7) is 1.17. The van der Waals surface area contributed by atoms with Gasteiger partial charge in [0, 0.05) is 25.1 Å². The van der Waals surface area contributed by atoms with Gasteiger partial charge < -0.3 is 10.3 Å². The summed E-state index contributed by atoms with van der Waals surface area (Å²) in [6, 6.07) is 12.2. The number of nitrogens with two attached hydrogens (primary N) is 1. The zero-order chi connectivity index (χ0) is 15.5. The quantitative estimate of drug-likeness (QED) is 0.786. The first kappa shape index (κ1) is 14.7. The molecule has 114 valence electrons. The third-order valence-corrected chi connectivity index (χ3v) is 3.66. The van der Waals surface area contributed by atoms with E-state index in [1.807, 2.05) is 34.9 Å². The minimum absolute atomic E-state index is 0.474. The Bertz CT molecular complexity index is 781. The van der Waals surface area contributed by atoms with Crippen molar-refractivity contribution in [2.45, 2.75) is 19.4 Å². The second-order valence-electron chi connectivity index (χ2n) is 5.24. The summed E-state index contributed by atoms with van der Waals surface area (Å²) in [5.41, 5.74) is 7.77. The molecular formula is C17H17F2N3. The van der Waals surface area contributed by atoms with Crippen molar-refractivity contribution in [2.24, 2.45) is 5.73 Å². The second-order valence-corrected chi connectivity index (χ2v) is 5.24. The molecule has 0 spiro atoms. The lowest BCUT2D eigenvalue weighted by Crippen LogP contribution is -2.09. The zero-order valence-electron chi connectivity index (χ0n) is 12.1. The molecule has 0 fully saturated rings. The molecular weight excluding hydrogens is 284 g/mol. The Morgan fingerprint density at radius 1 is 1.05 bits per heavy atom. The van der Waals surface area contributed by atoms with Crippen LogP contribution in [0.3, 0.4) is 0 Å². The highest BCUT2D eigenvalue weighted by Gasteiger charge is 2.14. The number of rotatable bonds is 5. The van der Waals surface area contributed by atoms with Gasteiger partial charge in [-0.15, -0.1) is 0 Å². The summed E-state index contributed by atoms with van der Waals surface area (Å²) in [5, 5.41) is 0. The number of imidazole rings is 1. The highest BCUT2D eigenvalue weighted by molar-refractivity contribution is 5.76. The van der Waals surface area contributed by atoms with Crippen molar-refractivity contribution < 1.29 is 8.78 Å². The lowest BCUT2D eigenvalue weighted by atomic mass is 10.1. The van der Waals surface area contributed by atoms with Crippen molar-refractivity contribution >= 4 is 11.0 Å². The van der Waals surface area contributed by atoms with Crippen LogP contribution in [0.4, 0.5) is 8.78 Å². The number of hydrogen-bond acceptors (Lipinski definition) is 2. The van der Waals surface area contributed by atoms with E-state index in [1.165, 1.54) is 6.07 Å². The van der Waals surface area contributed by atoms with Crippen LogP contribution in [-0.2, 0) is 13.0 Å². The van der Waals surface area contributed by atoms with E-state index >= 15 is 0 Å². The van der Waals surface area contributed by atoms with Gasteiger partial charge in [0.25, 0.3) is 0 Å². The molecule has 2 aromatic carbocycles. The maximum atomic E-state index is 13.5. The molecule has 3 rings (SSSR count). The van der Waals surface area contributed by atoms with Gasteiger partial charge in [0.05, 0.1) is 11.0 Å². The van der Waals surface area contributed by atoms with Crippen LogP contribution in [0.25, 0.3) is 11.0 Å². The summed E-state index contributed by atoms with van der Waals surface area (Å²) in [7, 11) is 0. The van der Waals surface area contributed by atoms with E-state index < -0.39 is 11.6 Å². The van der Waals surface area contributed by atoms with Crippen LogP contribution in [-0.4, -0.2) is 16.1 Å². The molecule has 3 nitrogen and oxygen atoms in total. The molecule has 0 amide bonds. The lowest BCUT2D eigenvalue weighted by molar-refractivity contribution is 0.510. The fourth-order valence-electron chi connectivity index (χ4n) is 2.58. The summed E-state index contributed by atoms with van der Waals surface area (Å²) in [6.07, 6.45) is 1.37. The van der Waals surface area contributed by atoms with Gasteiger partial charge in [-0.25, -0.2) is 13.8 Å². The van der Waals surface area contributed by atoms with Crippen LogP contribution >= 0.6 is 0 Å². The molecule has 1 heterocycles. The Balaban J connectivity index is 2.07. The van der Waals surface area contributed by atoms with Gasteiger partial charge in [-0.2, -0.15) is 0 Å². The van der Waals surface area contributed by atoms with Crippen molar-refractivity contribution in [1.82, 2.24) is 9.55 Å². The molecule has 22 heavy (non-hydrogen) atoms. The predicted octanol–water partition coefficient (Wildman–Crippen LogP) is 3.25. The van der Waals surface area contributed by atoms with Gasteiger partial charge in [0.2, 0.25) is 0 Å². The van der Waals surface area contributed by atoms with Crippen LogP contribution in [0.15, 0.2) is 42.5 Å². The average Bonchev–Trinajstić information content (AvgIpc) is 2.83. The molecule has 0 atom stereocenters. The molecule has 0 aliphatic rings. The van der Waals surface area contributed by atoms with E-state index in [1.54, 1.807) is 0 Å². The summed E-state index contributed by atoms with van der Waals surface area (Å²) < 4.78 is 28.9. The third-order valence-electron chi connectivity index (χ3n) is 3.66. The Hall–Kier alpha value is -2.27. The van der Waals surface area contributed by atoms with Crippen LogP contribution in [0.5, 0.6) is 0 Å². The Morgan fingerprint density at radius 3 is 2.50 bits per heavy atom. The summed E-state index contributed by atoms with van der Waals surface area (Å²) in [4.78, 5) is 4.48. The minimum atomic E-state index is -0.873. The number of halogens is 2. The summed E-state index contributed by atoms with van der Waals surface area (Å²) >= 11 is 0. The van der Waals surface area contributed by atoms with Crippen LogP contribution < -0.4 is 5.73 Å². The van der Waals surface area contributed by atoms with Gasteiger partial charge in [0.15, 0.2) is 11.6 Å². The Labute approximate surface area is 127 Å². The Morgan fingerprint density at radius 2 is 1.77 bits per heavy atom. The van der Waals surface area contributed by atoms with E-state index in [9.17, 15) is 8.78 Å². The van der Waals surface area contributed by atoms with Gasteiger partial charge in [0.1, 0.15) is 5.82 Å². The largest absolute Gasteiger partial charge is 0.330 e. The van der Waals surface area contributed by atoms with Gasteiger partial charge in [-0.05, 0) is 18.5 Å². The van der Waals surface area contributed by atoms with Crippen LogP contribution in [0.1, 0.15) is 17.8 Å². The molecule has 0 aliphatic heterocycles. The molecule has 0 unspecified atom stereocenters. The number of fused-ring (bicyclic) bond motifs is 1. The lowest BCUT2D eigenvalue weighted by Gasteiger charge is -2.08. The maximum Gasteiger partial charge on any atom is 0.161 e. The first-order valence-corrected chi connectivity index (χ1v) is 7.27. The van der Waals surface area contributed by atoms with Crippen molar-refractivity contribution in [2.75, 3.05) is 6.54 Å². The molecule has 0 saturated heterocycles. The minimum Gasteiger partial charge on any atom is -0.330 e. The number of benzene rings is 2. The van der Waals surface area contributed by atoms with Gasteiger partial charge in [-0.3, -0.25) is 0 Å². The average molecular weight is 301 g/mol. The highest BCUT2D eigenvalue weighted by atomic mass is 19.2. The maximum absolute atomic E-state index is 13.5. The van der Waals surface area contributed by atoms with Gasteiger partial charge in [-0.1, -0.05) is 30.3 Å². The highest BCUT2D eigenvalue weighted by Crippen LogP contribution is 2.22. The van der Waals surface area contributed by atoms with Crippen LogP contribution in [0, 0.1) is 11.6 Å². The second kappa shape index (κ2) is 6.23. The number of aryl methyl sites for hydroxylation is 1. The topological polar surface area (TPSA) is 43.8 Å². The van der Waals surface area contributed by atoms with Gasteiger partial charge >= 0.3 is 0 Å². The van der Waals surface area contributed by atoms with E-state index in [-0.39, 0.29) is 0 Å². The summed E-state index contributed by atoms with van der Waals surface area (Å²) in [5.74, 6) is -0.936. The molecule has 2 N–H and O–H groups in total. The fourth-order valence-corrected chi connectivity index (χ4v) is 2.58. The fraction of sp³-hybridized carbons (Fsp3) is 0.235. The van der Waals surface area contributed by atoms with Crippen molar-refractivity contribution in [3.8, 4) is 0 Å². The molecule has 0 saturated carbocycles. The van der Waals surface area contributed by atoms with E-state index in [0.29, 0.717) is 30.5 Å². The SMILES string of the molecule is NCCCn1c(Cc2ccccc2)nc2cc(F)c(F)cc21. The predicted molar refractivity (Wildman–Crippen MR) is 82.6 cm³/mol. The number of hydrogen-bond donors (Lipinski definition) is 1. The van der Waals surface area contributed by atoms with E-state index in [2.05, 4.69) is 4.98 Å². The van der Waals surface area contributed by atoms with E-state index in [4.69, 9.17) is 5.73 Å². The third kappa shape index (κ3) is 2.85. The zero-order valence-corrected chi connectivity index (χ0v) is 12.1. The molecule has 0 radical (unpaired) electrons.